The molecule has 0 aliphatic carbocycles. The van der Waals surface area contributed by atoms with Crippen LogP contribution in [0.5, 0.6) is 0 Å². The van der Waals surface area contributed by atoms with Gasteiger partial charge in [-0.2, -0.15) is 11.8 Å². The highest BCUT2D eigenvalue weighted by molar-refractivity contribution is 7.99. The molecule has 1 aliphatic heterocycles. The fraction of sp³-hybridized carbons (Fsp3) is 0.429. The summed E-state index contributed by atoms with van der Waals surface area (Å²) < 4.78 is 1.94. The van der Waals surface area contributed by atoms with Gasteiger partial charge in [-0.3, -0.25) is 0 Å². The summed E-state index contributed by atoms with van der Waals surface area (Å²) in [5, 5.41) is 11.6. The van der Waals surface area contributed by atoms with Gasteiger partial charge in [0.15, 0.2) is 5.82 Å². The minimum Gasteiger partial charge on any atom is -0.385 e. The van der Waals surface area contributed by atoms with Crippen LogP contribution in [0.1, 0.15) is 6.42 Å². The molecular weight excluding hydrogens is 256 g/mol. The van der Waals surface area contributed by atoms with Crippen molar-refractivity contribution in [1.29, 1.82) is 0 Å². The van der Waals surface area contributed by atoms with Crippen molar-refractivity contribution in [3.63, 3.8) is 0 Å². The first kappa shape index (κ1) is 12.5. The molecule has 1 atom stereocenters. The van der Waals surface area contributed by atoms with Crippen molar-refractivity contribution in [1.82, 2.24) is 14.8 Å². The van der Waals surface area contributed by atoms with Crippen LogP contribution >= 0.6 is 11.8 Å². The SMILES string of the molecule is Cn1cnnc1-c1cccc(NCC2CCSC2)c1. The predicted molar refractivity (Wildman–Crippen MR) is 80.4 cm³/mol. The lowest BCUT2D eigenvalue weighted by molar-refractivity contribution is 0.632. The van der Waals surface area contributed by atoms with E-state index in [0.717, 1.165) is 29.5 Å². The topological polar surface area (TPSA) is 42.7 Å². The Hall–Kier alpha value is -1.49. The van der Waals surface area contributed by atoms with Crippen molar-refractivity contribution in [2.45, 2.75) is 6.42 Å². The lowest BCUT2D eigenvalue weighted by atomic mass is 10.1. The average Bonchev–Trinajstić information content (AvgIpc) is 3.08. The van der Waals surface area contributed by atoms with Gasteiger partial charge >= 0.3 is 0 Å². The number of nitrogens with one attached hydrogen (secondary N) is 1. The molecule has 1 fully saturated rings. The number of aromatic nitrogens is 3. The molecule has 100 valence electrons. The molecule has 0 radical (unpaired) electrons. The molecule has 1 aromatic carbocycles. The van der Waals surface area contributed by atoms with Gasteiger partial charge in [-0.05, 0) is 36.0 Å². The Bertz CT molecular complexity index is 546. The summed E-state index contributed by atoms with van der Waals surface area (Å²) >= 11 is 2.06. The highest BCUT2D eigenvalue weighted by Crippen LogP contribution is 2.25. The third kappa shape index (κ3) is 2.92. The molecule has 1 aromatic heterocycles. The third-order valence-electron chi connectivity index (χ3n) is 3.45. The van der Waals surface area contributed by atoms with Crippen LogP contribution in [0.3, 0.4) is 0 Å². The van der Waals surface area contributed by atoms with Crippen molar-refractivity contribution in [2.75, 3.05) is 23.4 Å². The molecule has 1 unspecified atom stereocenters. The lowest BCUT2D eigenvalue weighted by Gasteiger charge is -2.12. The summed E-state index contributed by atoms with van der Waals surface area (Å²) in [7, 11) is 1.96. The summed E-state index contributed by atoms with van der Waals surface area (Å²) in [4.78, 5) is 0. The zero-order valence-electron chi connectivity index (χ0n) is 11.0. The average molecular weight is 274 g/mol. The maximum atomic E-state index is 4.15. The number of thioether (sulfide) groups is 1. The van der Waals surface area contributed by atoms with E-state index in [2.05, 4.69) is 51.5 Å². The van der Waals surface area contributed by atoms with Crippen LogP contribution < -0.4 is 5.32 Å². The molecular formula is C14H18N4S. The molecule has 1 N–H and O–H groups in total. The van der Waals surface area contributed by atoms with Gasteiger partial charge in [0.2, 0.25) is 0 Å². The van der Waals surface area contributed by atoms with Gasteiger partial charge in [0.1, 0.15) is 6.33 Å². The van der Waals surface area contributed by atoms with Crippen molar-refractivity contribution in [2.24, 2.45) is 13.0 Å². The molecule has 1 saturated heterocycles. The minimum atomic E-state index is 0.809. The van der Waals surface area contributed by atoms with E-state index in [1.807, 2.05) is 11.6 Å². The zero-order chi connectivity index (χ0) is 13.1. The fourth-order valence-corrected chi connectivity index (χ4v) is 3.60. The Balaban J connectivity index is 1.71. The fourth-order valence-electron chi connectivity index (χ4n) is 2.32. The lowest BCUT2D eigenvalue weighted by Crippen LogP contribution is -2.13. The number of hydrogen-bond donors (Lipinski definition) is 1. The molecule has 3 rings (SSSR count). The van der Waals surface area contributed by atoms with Crippen LogP contribution in [-0.4, -0.2) is 32.8 Å². The van der Waals surface area contributed by atoms with Crippen molar-refractivity contribution < 1.29 is 0 Å². The van der Waals surface area contributed by atoms with Crippen molar-refractivity contribution >= 4 is 17.4 Å². The Kier molecular flexibility index (Phi) is 3.73. The Labute approximate surface area is 117 Å². The second-order valence-corrected chi connectivity index (χ2v) is 6.11. The third-order valence-corrected chi connectivity index (χ3v) is 4.68. The van der Waals surface area contributed by atoms with Gasteiger partial charge in [0, 0.05) is 24.8 Å². The van der Waals surface area contributed by atoms with Gasteiger partial charge in [0.25, 0.3) is 0 Å². The van der Waals surface area contributed by atoms with E-state index in [9.17, 15) is 0 Å². The Morgan fingerprint density at radius 1 is 1.47 bits per heavy atom. The van der Waals surface area contributed by atoms with Gasteiger partial charge in [-0.15, -0.1) is 10.2 Å². The predicted octanol–water partition coefficient (Wildman–Crippen LogP) is 2.65. The number of anilines is 1. The number of nitrogens with zero attached hydrogens (tertiary/aromatic N) is 3. The number of aryl methyl sites for hydroxylation is 1. The van der Waals surface area contributed by atoms with Gasteiger partial charge in [-0.25, -0.2) is 0 Å². The van der Waals surface area contributed by atoms with E-state index in [0.29, 0.717) is 0 Å². The van der Waals surface area contributed by atoms with Gasteiger partial charge in [-0.1, -0.05) is 12.1 Å². The molecule has 0 bridgehead atoms. The maximum absolute atomic E-state index is 4.15. The van der Waals surface area contributed by atoms with Gasteiger partial charge < -0.3 is 9.88 Å². The molecule has 2 aromatic rings. The number of rotatable bonds is 4. The molecule has 0 spiro atoms. The smallest absolute Gasteiger partial charge is 0.163 e. The van der Waals surface area contributed by atoms with Crippen LogP contribution in [0, 0.1) is 5.92 Å². The van der Waals surface area contributed by atoms with E-state index in [-0.39, 0.29) is 0 Å². The second kappa shape index (κ2) is 5.65. The minimum absolute atomic E-state index is 0.809. The van der Waals surface area contributed by atoms with Crippen LogP contribution in [0.15, 0.2) is 30.6 Å². The normalized spacial score (nSPS) is 18.7. The molecule has 19 heavy (non-hydrogen) atoms. The second-order valence-electron chi connectivity index (χ2n) is 4.96. The summed E-state index contributed by atoms with van der Waals surface area (Å²) in [5.41, 5.74) is 2.27. The summed E-state index contributed by atoms with van der Waals surface area (Å²) in [6, 6.07) is 8.39. The highest BCUT2D eigenvalue weighted by Gasteiger charge is 2.15. The van der Waals surface area contributed by atoms with Gasteiger partial charge in [0.05, 0.1) is 0 Å². The zero-order valence-corrected chi connectivity index (χ0v) is 11.9. The largest absolute Gasteiger partial charge is 0.385 e. The molecule has 5 heteroatoms. The number of benzene rings is 1. The number of hydrogen-bond acceptors (Lipinski definition) is 4. The molecule has 2 heterocycles. The molecule has 1 aliphatic rings. The van der Waals surface area contributed by atoms with E-state index in [1.54, 1.807) is 6.33 Å². The first-order chi connectivity index (χ1) is 9.33. The summed E-state index contributed by atoms with van der Waals surface area (Å²) in [6.45, 7) is 1.06. The first-order valence-electron chi connectivity index (χ1n) is 6.59. The highest BCUT2D eigenvalue weighted by atomic mass is 32.2. The van der Waals surface area contributed by atoms with E-state index >= 15 is 0 Å². The summed E-state index contributed by atoms with van der Waals surface area (Å²) in [6.07, 6.45) is 3.06. The Morgan fingerprint density at radius 2 is 2.42 bits per heavy atom. The maximum Gasteiger partial charge on any atom is 0.163 e. The van der Waals surface area contributed by atoms with E-state index in [4.69, 9.17) is 0 Å². The molecule has 4 nitrogen and oxygen atoms in total. The van der Waals surface area contributed by atoms with Crippen LogP contribution in [0.4, 0.5) is 5.69 Å². The standard InChI is InChI=1S/C14H18N4S/c1-18-10-16-17-14(18)12-3-2-4-13(7-12)15-8-11-5-6-19-9-11/h2-4,7,10-11,15H,5-6,8-9H2,1H3. The quantitative estimate of drug-likeness (QED) is 0.931. The monoisotopic (exact) mass is 274 g/mol. The van der Waals surface area contributed by atoms with E-state index < -0.39 is 0 Å². The summed E-state index contributed by atoms with van der Waals surface area (Å²) in [5.74, 6) is 4.31. The molecule has 0 saturated carbocycles. The van der Waals surface area contributed by atoms with Crippen LogP contribution in [0.2, 0.25) is 0 Å². The van der Waals surface area contributed by atoms with Crippen LogP contribution in [0.25, 0.3) is 11.4 Å². The van der Waals surface area contributed by atoms with Crippen molar-refractivity contribution in [3.8, 4) is 11.4 Å². The molecule has 0 amide bonds. The van der Waals surface area contributed by atoms with Crippen molar-refractivity contribution in [3.05, 3.63) is 30.6 Å². The Morgan fingerprint density at radius 3 is 3.16 bits per heavy atom. The van der Waals surface area contributed by atoms with Crippen LogP contribution in [-0.2, 0) is 7.05 Å². The first-order valence-corrected chi connectivity index (χ1v) is 7.74. The van der Waals surface area contributed by atoms with E-state index in [1.165, 1.54) is 17.9 Å².